The van der Waals surface area contributed by atoms with Gasteiger partial charge in [-0.2, -0.15) is 5.10 Å². The molecular formula is C13H13N3O2. The zero-order valence-electron chi connectivity index (χ0n) is 10.5. The van der Waals surface area contributed by atoms with E-state index in [2.05, 4.69) is 21.9 Å². The Kier molecular flexibility index (Phi) is 3.49. The van der Waals surface area contributed by atoms with Crippen LogP contribution in [0, 0.1) is 11.8 Å². The van der Waals surface area contributed by atoms with Crippen molar-refractivity contribution in [3.8, 4) is 23.3 Å². The summed E-state index contributed by atoms with van der Waals surface area (Å²) in [4.78, 5) is 4.19. The van der Waals surface area contributed by atoms with Crippen LogP contribution in [-0.4, -0.2) is 29.0 Å². The van der Waals surface area contributed by atoms with Crippen molar-refractivity contribution in [2.24, 2.45) is 7.05 Å². The minimum Gasteiger partial charge on any atom is -0.495 e. The maximum Gasteiger partial charge on any atom is 0.156 e. The third-order valence-corrected chi connectivity index (χ3v) is 2.31. The molecule has 92 valence electrons. The molecule has 0 bridgehead atoms. The van der Waals surface area contributed by atoms with Gasteiger partial charge in [0.15, 0.2) is 11.4 Å². The lowest BCUT2D eigenvalue weighted by Crippen LogP contribution is -1.93. The normalized spacial score (nSPS) is 9.50. The van der Waals surface area contributed by atoms with Crippen LogP contribution in [0.1, 0.15) is 11.3 Å². The number of hydrogen-bond donors (Lipinski definition) is 0. The quantitative estimate of drug-likeness (QED) is 0.744. The fourth-order valence-corrected chi connectivity index (χ4v) is 1.40. The molecule has 0 saturated heterocycles. The van der Waals surface area contributed by atoms with E-state index in [0.29, 0.717) is 17.2 Å². The number of aryl methyl sites for hydroxylation is 1. The lowest BCUT2D eigenvalue weighted by molar-refractivity contribution is 0.390. The van der Waals surface area contributed by atoms with Gasteiger partial charge in [0.25, 0.3) is 0 Å². The summed E-state index contributed by atoms with van der Waals surface area (Å²) in [5.74, 6) is 7.15. The van der Waals surface area contributed by atoms with Gasteiger partial charge in [-0.15, -0.1) is 0 Å². The van der Waals surface area contributed by atoms with E-state index in [1.54, 1.807) is 37.4 Å². The van der Waals surface area contributed by atoms with E-state index in [0.717, 1.165) is 5.56 Å². The molecule has 18 heavy (non-hydrogen) atoms. The van der Waals surface area contributed by atoms with E-state index < -0.39 is 0 Å². The van der Waals surface area contributed by atoms with Crippen LogP contribution in [-0.2, 0) is 7.05 Å². The van der Waals surface area contributed by atoms with E-state index in [-0.39, 0.29) is 0 Å². The van der Waals surface area contributed by atoms with Crippen LogP contribution in [0.15, 0.2) is 24.7 Å². The number of ether oxygens (including phenoxy) is 2. The average molecular weight is 243 g/mol. The first-order valence-electron chi connectivity index (χ1n) is 5.31. The second-order valence-corrected chi connectivity index (χ2v) is 3.58. The van der Waals surface area contributed by atoms with E-state index in [9.17, 15) is 0 Å². The van der Waals surface area contributed by atoms with Gasteiger partial charge in [-0.3, -0.25) is 4.68 Å². The van der Waals surface area contributed by atoms with Crippen molar-refractivity contribution in [1.29, 1.82) is 0 Å². The number of rotatable bonds is 2. The summed E-state index contributed by atoms with van der Waals surface area (Å²) < 4.78 is 12.0. The Morgan fingerprint density at radius 2 is 2.00 bits per heavy atom. The maximum absolute atomic E-state index is 5.22. The molecule has 5 nitrogen and oxygen atoms in total. The predicted molar refractivity (Wildman–Crippen MR) is 66.5 cm³/mol. The van der Waals surface area contributed by atoms with Crippen molar-refractivity contribution < 1.29 is 9.47 Å². The second-order valence-electron chi connectivity index (χ2n) is 3.58. The number of pyridine rings is 1. The zero-order valence-corrected chi connectivity index (χ0v) is 10.5. The van der Waals surface area contributed by atoms with E-state index >= 15 is 0 Å². The Morgan fingerprint density at radius 3 is 2.61 bits per heavy atom. The number of hydrogen-bond acceptors (Lipinski definition) is 4. The molecule has 0 aliphatic heterocycles. The predicted octanol–water partition coefficient (Wildman–Crippen LogP) is 1.23. The fraction of sp³-hybridized carbons (Fsp3) is 0.231. The Bertz CT molecular complexity index is 608. The number of methoxy groups -OCH3 is 2. The number of aromatic nitrogens is 3. The molecular weight excluding hydrogens is 230 g/mol. The van der Waals surface area contributed by atoms with E-state index in [1.165, 1.54) is 0 Å². The first kappa shape index (κ1) is 12.0. The Balaban J connectivity index is 2.31. The highest BCUT2D eigenvalue weighted by Crippen LogP contribution is 2.21. The summed E-state index contributed by atoms with van der Waals surface area (Å²) in [6.45, 7) is 0. The Morgan fingerprint density at radius 1 is 1.17 bits per heavy atom. The highest BCUT2D eigenvalue weighted by Gasteiger charge is 2.03. The minimum atomic E-state index is 0.571. The van der Waals surface area contributed by atoms with Crippen LogP contribution in [0.4, 0.5) is 0 Å². The molecule has 2 heterocycles. The highest BCUT2D eigenvalue weighted by molar-refractivity contribution is 5.47. The first-order valence-corrected chi connectivity index (χ1v) is 5.31. The third-order valence-electron chi connectivity index (χ3n) is 2.31. The van der Waals surface area contributed by atoms with Gasteiger partial charge in [-0.25, -0.2) is 4.98 Å². The molecule has 2 aromatic heterocycles. The van der Waals surface area contributed by atoms with Crippen LogP contribution >= 0.6 is 0 Å². The van der Waals surface area contributed by atoms with Gasteiger partial charge < -0.3 is 9.47 Å². The molecule has 0 spiro atoms. The van der Waals surface area contributed by atoms with Crippen molar-refractivity contribution >= 4 is 0 Å². The number of nitrogens with zero attached hydrogens (tertiary/aromatic N) is 3. The van der Waals surface area contributed by atoms with Crippen molar-refractivity contribution in [2.75, 3.05) is 14.2 Å². The molecule has 0 aliphatic rings. The zero-order chi connectivity index (χ0) is 13.0. The summed E-state index contributed by atoms with van der Waals surface area (Å²) in [7, 11) is 5.00. The summed E-state index contributed by atoms with van der Waals surface area (Å²) in [5.41, 5.74) is 1.40. The van der Waals surface area contributed by atoms with Crippen molar-refractivity contribution in [3.63, 3.8) is 0 Å². The molecule has 2 rings (SSSR count). The molecule has 0 saturated carbocycles. The summed E-state index contributed by atoms with van der Waals surface area (Å²) in [6.07, 6.45) is 5.14. The molecule has 0 radical (unpaired) electrons. The molecule has 0 aliphatic carbocycles. The smallest absolute Gasteiger partial charge is 0.156 e. The molecule has 0 fully saturated rings. The molecule has 2 aromatic rings. The van der Waals surface area contributed by atoms with E-state index in [1.807, 2.05) is 13.2 Å². The van der Waals surface area contributed by atoms with Crippen LogP contribution < -0.4 is 9.47 Å². The lowest BCUT2D eigenvalue weighted by Gasteiger charge is -2.04. The van der Waals surface area contributed by atoms with Crippen LogP contribution in [0.3, 0.4) is 0 Å². The standard InChI is InChI=1S/C13H13N3O2/c1-16-9-10(7-15-16)4-5-12-13(18-3)6-11(17-2)8-14-12/h6-9H,1-3H3. The van der Waals surface area contributed by atoms with Crippen LogP contribution in [0.25, 0.3) is 0 Å². The van der Waals surface area contributed by atoms with Gasteiger partial charge in [0, 0.05) is 19.3 Å². The lowest BCUT2D eigenvalue weighted by atomic mass is 10.3. The largest absolute Gasteiger partial charge is 0.495 e. The van der Waals surface area contributed by atoms with Crippen molar-refractivity contribution in [1.82, 2.24) is 14.8 Å². The van der Waals surface area contributed by atoms with Crippen LogP contribution in [0.2, 0.25) is 0 Å². The summed E-state index contributed by atoms with van der Waals surface area (Å²) in [5, 5.41) is 4.04. The molecule has 0 atom stereocenters. The van der Waals surface area contributed by atoms with E-state index in [4.69, 9.17) is 9.47 Å². The second kappa shape index (κ2) is 5.23. The average Bonchev–Trinajstić information content (AvgIpc) is 2.82. The maximum atomic E-state index is 5.22. The van der Waals surface area contributed by atoms with Crippen molar-refractivity contribution in [2.45, 2.75) is 0 Å². The molecule has 0 unspecified atom stereocenters. The first-order chi connectivity index (χ1) is 8.72. The molecule has 5 heteroatoms. The highest BCUT2D eigenvalue weighted by atomic mass is 16.5. The molecule has 0 N–H and O–H groups in total. The fourth-order valence-electron chi connectivity index (χ4n) is 1.40. The van der Waals surface area contributed by atoms with Gasteiger partial charge >= 0.3 is 0 Å². The monoisotopic (exact) mass is 243 g/mol. The SMILES string of the molecule is COc1cnc(C#Cc2cnn(C)c2)c(OC)c1. The minimum absolute atomic E-state index is 0.571. The van der Waals surface area contributed by atoms with Gasteiger partial charge in [0.2, 0.25) is 0 Å². The van der Waals surface area contributed by atoms with Gasteiger partial charge in [-0.1, -0.05) is 5.92 Å². The summed E-state index contributed by atoms with van der Waals surface area (Å²) >= 11 is 0. The summed E-state index contributed by atoms with van der Waals surface area (Å²) in [6, 6.07) is 1.75. The van der Waals surface area contributed by atoms with Gasteiger partial charge in [0.05, 0.1) is 32.2 Å². The topological polar surface area (TPSA) is 49.2 Å². The van der Waals surface area contributed by atoms with Gasteiger partial charge in [0.1, 0.15) is 5.75 Å². The Labute approximate surface area is 105 Å². The third kappa shape index (κ3) is 2.61. The molecule has 0 amide bonds. The van der Waals surface area contributed by atoms with Crippen LogP contribution in [0.5, 0.6) is 11.5 Å². The molecule has 0 aromatic carbocycles. The van der Waals surface area contributed by atoms with Crippen molar-refractivity contribution in [3.05, 3.63) is 35.9 Å². The van der Waals surface area contributed by atoms with Gasteiger partial charge in [-0.05, 0) is 5.92 Å². The Hall–Kier alpha value is -2.48.